The van der Waals surface area contributed by atoms with Gasteiger partial charge in [0.25, 0.3) is 0 Å². The summed E-state index contributed by atoms with van der Waals surface area (Å²) in [7, 11) is 0. The standard InChI is InChI=1S/C15H21N5O/c1-2-5-15(6-3-1)8-11(4-7-21-15)19-13-12-9-18-20-14(12)17-10-16-13/h9-11H,1-8H2,(H2,16,17,18,19,20). The van der Waals surface area contributed by atoms with E-state index in [4.69, 9.17) is 4.74 Å². The number of aromatic nitrogens is 4. The highest BCUT2D eigenvalue weighted by molar-refractivity contribution is 5.85. The fourth-order valence-electron chi connectivity index (χ4n) is 3.77. The molecule has 2 N–H and O–H groups in total. The summed E-state index contributed by atoms with van der Waals surface area (Å²) in [5, 5.41) is 11.5. The topological polar surface area (TPSA) is 75.7 Å². The van der Waals surface area contributed by atoms with E-state index in [1.807, 2.05) is 0 Å². The van der Waals surface area contributed by atoms with Gasteiger partial charge in [-0.3, -0.25) is 5.10 Å². The van der Waals surface area contributed by atoms with Gasteiger partial charge in [-0.2, -0.15) is 5.10 Å². The molecule has 1 saturated heterocycles. The molecule has 2 aromatic rings. The summed E-state index contributed by atoms with van der Waals surface area (Å²) in [6.45, 7) is 0.845. The number of anilines is 1. The Labute approximate surface area is 123 Å². The second-order valence-electron chi connectivity index (χ2n) is 6.28. The number of hydrogen-bond donors (Lipinski definition) is 2. The van der Waals surface area contributed by atoms with Crippen LogP contribution in [0.4, 0.5) is 5.82 Å². The summed E-state index contributed by atoms with van der Waals surface area (Å²) in [6.07, 6.45) is 11.8. The van der Waals surface area contributed by atoms with Crippen LogP contribution in [0.2, 0.25) is 0 Å². The summed E-state index contributed by atoms with van der Waals surface area (Å²) in [5.41, 5.74) is 0.892. The lowest BCUT2D eigenvalue weighted by molar-refractivity contribution is -0.103. The molecule has 2 aliphatic rings. The first-order valence-corrected chi connectivity index (χ1v) is 7.89. The summed E-state index contributed by atoms with van der Waals surface area (Å²) in [6, 6.07) is 0.421. The van der Waals surface area contributed by atoms with Crippen molar-refractivity contribution in [3.05, 3.63) is 12.5 Å². The van der Waals surface area contributed by atoms with E-state index in [9.17, 15) is 0 Å². The number of fused-ring (bicyclic) bond motifs is 1. The van der Waals surface area contributed by atoms with E-state index in [0.717, 1.165) is 36.3 Å². The molecule has 1 spiro atoms. The van der Waals surface area contributed by atoms with Crippen molar-refractivity contribution in [2.45, 2.75) is 56.6 Å². The molecule has 4 rings (SSSR count). The molecule has 0 aromatic carbocycles. The maximum atomic E-state index is 6.16. The van der Waals surface area contributed by atoms with Crippen molar-refractivity contribution in [2.24, 2.45) is 0 Å². The van der Waals surface area contributed by atoms with Crippen LogP contribution in [-0.4, -0.2) is 38.4 Å². The lowest BCUT2D eigenvalue weighted by Gasteiger charge is -2.43. The minimum atomic E-state index is 0.108. The molecular formula is C15H21N5O. The SMILES string of the molecule is c1nc(NC2CCOC3(CCCCC3)C2)c2cn[nH]c2n1. The molecule has 2 fully saturated rings. The number of H-pyrrole nitrogens is 1. The molecular weight excluding hydrogens is 266 g/mol. The maximum Gasteiger partial charge on any atom is 0.160 e. The van der Waals surface area contributed by atoms with E-state index >= 15 is 0 Å². The first-order valence-electron chi connectivity index (χ1n) is 7.89. The zero-order valence-corrected chi connectivity index (χ0v) is 12.1. The van der Waals surface area contributed by atoms with E-state index < -0.39 is 0 Å². The smallest absolute Gasteiger partial charge is 0.160 e. The monoisotopic (exact) mass is 287 g/mol. The Morgan fingerprint density at radius 3 is 3.05 bits per heavy atom. The third-order valence-corrected chi connectivity index (χ3v) is 4.85. The van der Waals surface area contributed by atoms with Crippen LogP contribution in [0.15, 0.2) is 12.5 Å². The van der Waals surface area contributed by atoms with Crippen LogP contribution in [0.1, 0.15) is 44.9 Å². The minimum absolute atomic E-state index is 0.108. The van der Waals surface area contributed by atoms with Crippen LogP contribution in [0.5, 0.6) is 0 Å². The van der Waals surface area contributed by atoms with Crippen LogP contribution >= 0.6 is 0 Å². The molecule has 6 nitrogen and oxygen atoms in total. The minimum Gasteiger partial charge on any atom is -0.375 e. The fourth-order valence-corrected chi connectivity index (χ4v) is 3.77. The van der Waals surface area contributed by atoms with Gasteiger partial charge in [0, 0.05) is 12.6 Å². The molecule has 1 unspecified atom stereocenters. The molecule has 3 heterocycles. The lowest BCUT2D eigenvalue weighted by atomic mass is 9.78. The van der Waals surface area contributed by atoms with Crippen molar-refractivity contribution in [2.75, 3.05) is 11.9 Å². The van der Waals surface area contributed by atoms with Gasteiger partial charge in [0.15, 0.2) is 5.65 Å². The first-order chi connectivity index (χ1) is 10.3. The molecule has 0 bridgehead atoms. The van der Waals surface area contributed by atoms with E-state index in [0.29, 0.717) is 6.04 Å². The molecule has 0 amide bonds. The van der Waals surface area contributed by atoms with Crippen molar-refractivity contribution in [3.63, 3.8) is 0 Å². The molecule has 1 atom stereocenters. The van der Waals surface area contributed by atoms with Crippen LogP contribution in [0.3, 0.4) is 0 Å². The molecule has 1 saturated carbocycles. The Morgan fingerprint density at radius 2 is 2.14 bits per heavy atom. The average molecular weight is 287 g/mol. The van der Waals surface area contributed by atoms with Gasteiger partial charge in [-0.05, 0) is 25.7 Å². The highest BCUT2D eigenvalue weighted by Gasteiger charge is 2.38. The summed E-state index contributed by atoms with van der Waals surface area (Å²) >= 11 is 0. The van der Waals surface area contributed by atoms with Crippen LogP contribution in [0.25, 0.3) is 11.0 Å². The number of rotatable bonds is 2. The maximum absolute atomic E-state index is 6.16. The normalized spacial score (nSPS) is 25.2. The van der Waals surface area contributed by atoms with Gasteiger partial charge in [0.2, 0.25) is 0 Å². The van der Waals surface area contributed by atoms with E-state index in [1.54, 1.807) is 12.5 Å². The van der Waals surface area contributed by atoms with Crippen molar-refractivity contribution in [1.29, 1.82) is 0 Å². The predicted octanol–water partition coefficient (Wildman–Crippen LogP) is 2.65. The Balaban J connectivity index is 1.52. The molecule has 1 aliphatic carbocycles. The lowest BCUT2D eigenvalue weighted by Crippen LogP contribution is -2.45. The number of nitrogens with one attached hydrogen (secondary N) is 2. The highest BCUT2D eigenvalue weighted by Crippen LogP contribution is 2.39. The quantitative estimate of drug-likeness (QED) is 0.888. The molecule has 6 heteroatoms. The van der Waals surface area contributed by atoms with Gasteiger partial charge in [-0.1, -0.05) is 19.3 Å². The van der Waals surface area contributed by atoms with E-state index in [1.165, 1.54) is 32.1 Å². The number of ether oxygens (including phenoxy) is 1. The number of hydrogen-bond acceptors (Lipinski definition) is 5. The second kappa shape index (κ2) is 5.26. The Morgan fingerprint density at radius 1 is 1.24 bits per heavy atom. The van der Waals surface area contributed by atoms with Crippen molar-refractivity contribution in [3.8, 4) is 0 Å². The van der Waals surface area contributed by atoms with Gasteiger partial charge in [-0.15, -0.1) is 0 Å². The predicted molar refractivity (Wildman–Crippen MR) is 80.1 cm³/mol. The second-order valence-corrected chi connectivity index (χ2v) is 6.28. The molecule has 1 aliphatic heterocycles. The number of nitrogens with zero attached hydrogens (tertiary/aromatic N) is 3. The molecule has 0 radical (unpaired) electrons. The van der Waals surface area contributed by atoms with E-state index in [-0.39, 0.29) is 5.60 Å². The Kier molecular flexibility index (Phi) is 3.25. The van der Waals surface area contributed by atoms with Gasteiger partial charge in [0.05, 0.1) is 17.2 Å². The summed E-state index contributed by atoms with van der Waals surface area (Å²) in [5.74, 6) is 0.881. The zero-order valence-electron chi connectivity index (χ0n) is 12.1. The fraction of sp³-hybridized carbons (Fsp3) is 0.667. The average Bonchev–Trinajstić information content (AvgIpc) is 2.98. The molecule has 2 aromatic heterocycles. The largest absolute Gasteiger partial charge is 0.375 e. The van der Waals surface area contributed by atoms with Crippen molar-refractivity contribution >= 4 is 16.9 Å². The zero-order chi connectivity index (χ0) is 14.1. The Hall–Kier alpha value is -1.69. The molecule has 21 heavy (non-hydrogen) atoms. The highest BCUT2D eigenvalue weighted by atomic mass is 16.5. The summed E-state index contributed by atoms with van der Waals surface area (Å²) in [4.78, 5) is 8.57. The van der Waals surface area contributed by atoms with Gasteiger partial charge < -0.3 is 10.1 Å². The van der Waals surface area contributed by atoms with E-state index in [2.05, 4.69) is 25.5 Å². The number of aromatic amines is 1. The van der Waals surface area contributed by atoms with Gasteiger partial charge in [0.1, 0.15) is 12.1 Å². The van der Waals surface area contributed by atoms with Crippen molar-refractivity contribution in [1.82, 2.24) is 20.2 Å². The molecule has 112 valence electrons. The third kappa shape index (κ3) is 2.48. The summed E-state index contributed by atoms with van der Waals surface area (Å²) < 4.78 is 6.16. The first kappa shape index (κ1) is 13.0. The van der Waals surface area contributed by atoms with Crippen LogP contribution < -0.4 is 5.32 Å². The van der Waals surface area contributed by atoms with Gasteiger partial charge >= 0.3 is 0 Å². The van der Waals surface area contributed by atoms with Crippen molar-refractivity contribution < 1.29 is 4.74 Å². The van der Waals surface area contributed by atoms with Crippen LogP contribution in [0, 0.1) is 0 Å². The third-order valence-electron chi connectivity index (χ3n) is 4.85. The van der Waals surface area contributed by atoms with Crippen LogP contribution in [-0.2, 0) is 4.74 Å². The Bertz CT molecular complexity index is 614. The van der Waals surface area contributed by atoms with Gasteiger partial charge in [-0.25, -0.2) is 9.97 Å².